The lowest BCUT2D eigenvalue weighted by atomic mass is 9.90. The van der Waals surface area contributed by atoms with Gasteiger partial charge in [-0.1, -0.05) is 18.2 Å². The molecule has 1 aliphatic heterocycles. The highest BCUT2D eigenvalue weighted by molar-refractivity contribution is 5.41. The molecule has 0 aromatic heterocycles. The summed E-state index contributed by atoms with van der Waals surface area (Å²) in [7, 11) is 0. The van der Waals surface area contributed by atoms with E-state index < -0.39 is 0 Å². The highest BCUT2D eigenvalue weighted by Gasteiger charge is 2.28. The summed E-state index contributed by atoms with van der Waals surface area (Å²) in [5.74, 6) is 0.420. The Morgan fingerprint density at radius 1 is 1.15 bits per heavy atom. The Morgan fingerprint density at radius 2 is 1.95 bits per heavy atom. The van der Waals surface area contributed by atoms with Gasteiger partial charge in [0, 0.05) is 18.0 Å². The number of aryl methyl sites for hydroxylation is 1. The molecule has 0 amide bonds. The van der Waals surface area contributed by atoms with E-state index in [1.807, 2.05) is 6.07 Å². The lowest BCUT2D eigenvalue weighted by Crippen LogP contribution is -2.24. The van der Waals surface area contributed by atoms with Crippen molar-refractivity contribution in [2.75, 3.05) is 0 Å². The Balaban J connectivity index is 1.99. The van der Waals surface area contributed by atoms with E-state index in [-0.39, 0.29) is 18.0 Å². The Morgan fingerprint density at radius 3 is 2.75 bits per heavy atom. The third kappa shape index (κ3) is 2.18. The monoisotopic (exact) mass is 271 g/mol. The zero-order chi connectivity index (χ0) is 14.3. The van der Waals surface area contributed by atoms with Crippen LogP contribution in [-0.4, -0.2) is 0 Å². The van der Waals surface area contributed by atoms with Gasteiger partial charge in [0.2, 0.25) is 0 Å². The molecule has 1 aliphatic rings. The van der Waals surface area contributed by atoms with Crippen LogP contribution in [0.25, 0.3) is 0 Å². The number of ether oxygens (including phenoxy) is 1. The molecule has 104 valence electrons. The fourth-order valence-corrected chi connectivity index (χ4v) is 2.79. The Labute approximate surface area is 118 Å². The molecule has 0 radical (unpaired) electrons. The van der Waals surface area contributed by atoms with Crippen molar-refractivity contribution >= 4 is 0 Å². The zero-order valence-corrected chi connectivity index (χ0v) is 11.7. The Kier molecular flexibility index (Phi) is 3.22. The van der Waals surface area contributed by atoms with Crippen LogP contribution >= 0.6 is 0 Å². The van der Waals surface area contributed by atoms with Gasteiger partial charge in [-0.15, -0.1) is 0 Å². The smallest absolute Gasteiger partial charge is 0.126 e. The second kappa shape index (κ2) is 4.91. The second-order valence-corrected chi connectivity index (χ2v) is 5.42. The molecule has 3 rings (SSSR count). The standard InChI is InChI=1S/C17H18FNO/c1-10-4-3-5-13(11(10)2)17-9-15(19)14-8-12(18)6-7-16(14)20-17/h3-8,15,17H,9,19H2,1-2H3/t15-,17?/m0/s1. The molecular formula is C17H18FNO. The lowest BCUT2D eigenvalue weighted by molar-refractivity contribution is 0.160. The average molecular weight is 271 g/mol. The second-order valence-electron chi connectivity index (χ2n) is 5.42. The number of hydrogen-bond acceptors (Lipinski definition) is 2. The van der Waals surface area contributed by atoms with Crippen LogP contribution in [0.1, 0.15) is 40.8 Å². The molecule has 2 atom stereocenters. The molecule has 0 saturated heterocycles. The number of benzene rings is 2. The molecule has 1 heterocycles. The predicted octanol–water partition coefficient (Wildman–Crippen LogP) is 3.97. The van der Waals surface area contributed by atoms with Crippen LogP contribution in [0.15, 0.2) is 36.4 Å². The van der Waals surface area contributed by atoms with Crippen molar-refractivity contribution in [3.63, 3.8) is 0 Å². The number of fused-ring (bicyclic) bond motifs is 1. The van der Waals surface area contributed by atoms with Crippen LogP contribution in [0, 0.1) is 19.7 Å². The summed E-state index contributed by atoms with van der Waals surface area (Å²) in [5, 5.41) is 0. The van der Waals surface area contributed by atoms with E-state index >= 15 is 0 Å². The maximum Gasteiger partial charge on any atom is 0.126 e. The van der Waals surface area contributed by atoms with Gasteiger partial charge in [0.1, 0.15) is 17.7 Å². The van der Waals surface area contributed by atoms with Gasteiger partial charge in [0.25, 0.3) is 0 Å². The zero-order valence-electron chi connectivity index (χ0n) is 11.7. The van der Waals surface area contributed by atoms with Crippen LogP contribution in [-0.2, 0) is 0 Å². The predicted molar refractivity (Wildman–Crippen MR) is 77.2 cm³/mol. The molecule has 0 fully saturated rings. The van der Waals surface area contributed by atoms with Crippen molar-refractivity contribution in [3.05, 3.63) is 64.5 Å². The van der Waals surface area contributed by atoms with Gasteiger partial charge in [0.15, 0.2) is 0 Å². The summed E-state index contributed by atoms with van der Waals surface area (Å²) >= 11 is 0. The molecule has 0 aliphatic carbocycles. The fourth-order valence-electron chi connectivity index (χ4n) is 2.79. The Bertz CT molecular complexity index is 653. The molecule has 0 spiro atoms. The SMILES string of the molecule is Cc1cccc(C2C[C@H](N)c3cc(F)ccc3O2)c1C. The van der Waals surface area contributed by atoms with Crippen LogP contribution in [0.2, 0.25) is 0 Å². The van der Waals surface area contributed by atoms with Gasteiger partial charge in [-0.25, -0.2) is 4.39 Å². The minimum absolute atomic E-state index is 0.0668. The van der Waals surface area contributed by atoms with Gasteiger partial charge < -0.3 is 10.5 Å². The lowest BCUT2D eigenvalue weighted by Gasteiger charge is -2.31. The molecule has 3 heteroatoms. The maximum absolute atomic E-state index is 13.3. The number of hydrogen-bond donors (Lipinski definition) is 1. The van der Waals surface area contributed by atoms with Crippen molar-refractivity contribution < 1.29 is 9.13 Å². The third-order valence-electron chi connectivity index (χ3n) is 4.10. The van der Waals surface area contributed by atoms with E-state index in [4.69, 9.17) is 10.5 Å². The van der Waals surface area contributed by atoms with Crippen LogP contribution < -0.4 is 10.5 Å². The minimum atomic E-state index is -0.270. The van der Waals surface area contributed by atoms with E-state index in [2.05, 4.69) is 26.0 Å². The van der Waals surface area contributed by atoms with Crippen LogP contribution in [0.3, 0.4) is 0 Å². The summed E-state index contributed by atoms with van der Waals surface area (Å²) < 4.78 is 19.3. The molecule has 2 aromatic carbocycles. The molecular weight excluding hydrogens is 253 g/mol. The van der Waals surface area contributed by atoms with E-state index in [0.29, 0.717) is 12.2 Å². The molecule has 0 saturated carbocycles. The molecule has 20 heavy (non-hydrogen) atoms. The van der Waals surface area contributed by atoms with Crippen molar-refractivity contribution in [1.29, 1.82) is 0 Å². The first-order valence-corrected chi connectivity index (χ1v) is 6.84. The Hall–Kier alpha value is -1.87. The van der Waals surface area contributed by atoms with E-state index in [1.54, 1.807) is 6.07 Å². The largest absolute Gasteiger partial charge is 0.485 e. The van der Waals surface area contributed by atoms with Gasteiger partial charge in [0.05, 0.1) is 0 Å². The first-order chi connectivity index (χ1) is 9.56. The summed E-state index contributed by atoms with van der Waals surface area (Å²) in [6.45, 7) is 4.19. The molecule has 2 nitrogen and oxygen atoms in total. The maximum atomic E-state index is 13.3. The average Bonchev–Trinajstić information content (AvgIpc) is 2.42. The van der Waals surface area contributed by atoms with Gasteiger partial charge in [-0.05, 0) is 48.7 Å². The van der Waals surface area contributed by atoms with Gasteiger partial charge in [-0.3, -0.25) is 0 Å². The highest BCUT2D eigenvalue weighted by atomic mass is 19.1. The van der Waals surface area contributed by atoms with Crippen LogP contribution in [0.4, 0.5) is 4.39 Å². The fraction of sp³-hybridized carbons (Fsp3) is 0.294. The molecule has 2 N–H and O–H groups in total. The van der Waals surface area contributed by atoms with E-state index in [1.165, 1.54) is 23.3 Å². The van der Waals surface area contributed by atoms with Crippen molar-refractivity contribution in [3.8, 4) is 5.75 Å². The molecule has 2 aromatic rings. The van der Waals surface area contributed by atoms with Crippen LogP contribution in [0.5, 0.6) is 5.75 Å². The number of halogens is 1. The first-order valence-electron chi connectivity index (χ1n) is 6.84. The van der Waals surface area contributed by atoms with E-state index in [0.717, 1.165) is 11.1 Å². The van der Waals surface area contributed by atoms with E-state index in [9.17, 15) is 4.39 Å². The highest BCUT2D eigenvalue weighted by Crippen LogP contribution is 2.40. The third-order valence-corrected chi connectivity index (χ3v) is 4.10. The quantitative estimate of drug-likeness (QED) is 0.852. The molecule has 0 bridgehead atoms. The molecule has 1 unspecified atom stereocenters. The van der Waals surface area contributed by atoms with Gasteiger partial charge >= 0.3 is 0 Å². The number of rotatable bonds is 1. The summed E-state index contributed by atoms with van der Waals surface area (Å²) in [6.07, 6.45) is 0.601. The summed E-state index contributed by atoms with van der Waals surface area (Å²) in [4.78, 5) is 0. The summed E-state index contributed by atoms with van der Waals surface area (Å²) in [5.41, 5.74) is 10.6. The first kappa shape index (κ1) is 13.1. The summed E-state index contributed by atoms with van der Waals surface area (Å²) in [6, 6.07) is 10.6. The van der Waals surface area contributed by atoms with Crippen molar-refractivity contribution in [1.82, 2.24) is 0 Å². The minimum Gasteiger partial charge on any atom is -0.485 e. The van der Waals surface area contributed by atoms with Gasteiger partial charge in [-0.2, -0.15) is 0 Å². The topological polar surface area (TPSA) is 35.2 Å². The van der Waals surface area contributed by atoms with Crippen molar-refractivity contribution in [2.24, 2.45) is 5.73 Å². The normalized spacial score (nSPS) is 21.2. The van der Waals surface area contributed by atoms with Crippen molar-refractivity contribution in [2.45, 2.75) is 32.4 Å². The number of nitrogens with two attached hydrogens (primary N) is 1.